The van der Waals surface area contributed by atoms with Crippen molar-refractivity contribution in [3.05, 3.63) is 28.8 Å². The number of ether oxygens (including phenoxy) is 1. The Balaban J connectivity index is 2.15. The molecule has 0 spiro atoms. The van der Waals surface area contributed by atoms with Gasteiger partial charge in [0.05, 0.1) is 5.56 Å². The minimum atomic E-state index is -1.38. The van der Waals surface area contributed by atoms with Gasteiger partial charge in [-0.3, -0.25) is 0 Å². The third-order valence-corrected chi connectivity index (χ3v) is 3.92. The predicted octanol–water partition coefficient (Wildman–Crippen LogP) is 3.03. The van der Waals surface area contributed by atoms with Gasteiger partial charge in [0.25, 0.3) is 0 Å². The van der Waals surface area contributed by atoms with Crippen LogP contribution in [0, 0.1) is 18.6 Å². The van der Waals surface area contributed by atoms with Crippen LogP contribution < -0.4 is 4.90 Å². The molecule has 1 amide bonds. The van der Waals surface area contributed by atoms with E-state index in [-0.39, 0.29) is 37.4 Å². The first-order valence-electron chi connectivity index (χ1n) is 7.96. The third kappa shape index (κ3) is 4.18. The predicted molar refractivity (Wildman–Crippen MR) is 88.1 cm³/mol. The molecule has 1 saturated heterocycles. The molecule has 0 radical (unpaired) electrons. The van der Waals surface area contributed by atoms with Crippen LogP contribution in [-0.4, -0.2) is 53.8 Å². The molecule has 1 aromatic rings. The highest BCUT2D eigenvalue weighted by molar-refractivity contribution is 5.90. The van der Waals surface area contributed by atoms with Crippen LogP contribution in [0.5, 0.6) is 0 Å². The van der Waals surface area contributed by atoms with Gasteiger partial charge in [-0.2, -0.15) is 0 Å². The molecule has 1 N–H and O–H groups in total. The van der Waals surface area contributed by atoms with E-state index in [1.54, 1.807) is 20.8 Å². The van der Waals surface area contributed by atoms with Crippen LogP contribution >= 0.6 is 0 Å². The lowest BCUT2D eigenvalue weighted by Crippen LogP contribution is -2.50. The average molecular weight is 356 g/mol. The molecule has 25 heavy (non-hydrogen) atoms. The number of benzene rings is 1. The summed E-state index contributed by atoms with van der Waals surface area (Å²) in [5.41, 5.74) is -1.38. The Labute approximate surface area is 145 Å². The SMILES string of the molecule is Cc1c(C(=O)O)cc(F)c(N2CCN(C(=O)OC(C)(C)C)CC2)c1F. The Hall–Kier alpha value is -2.38. The van der Waals surface area contributed by atoms with Gasteiger partial charge in [-0.15, -0.1) is 0 Å². The van der Waals surface area contributed by atoms with Crippen LogP contribution in [-0.2, 0) is 4.74 Å². The van der Waals surface area contributed by atoms with E-state index in [0.717, 1.165) is 6.07 Å². The fraction of sp³-hybridized carbons (Fsp3) is 0.529. The Morgan fingerprint density at radius 2 is 1.72 bits per heavy atom. The summed E-state index contributed by atoms with van der Waals surface area (Å²) < 4.78 is 34.0. The monoisotopic (exact) mass is 356 g/mol. The molecule has 8 heteroatoms. The van der Waals surface area contributed by atoms with Crippen LogP contribution in [0.1, 0.15) is 36.7 Å². The van der Waals surface area contributed by atoms with Gasteiger partial charge in [-0.25, -0.2) is 18.4 Å². The van der Waals surface area contributed by atoms with Crippen molar-refractivity contribution in [1.29, 1.82) is 0 Å². The summed E-state index contributed by atoms with van der Waals surface area (Å²) in [5.74, 6) is -3.19. The number of piperazine rings is 1. The lowest BCUT2D eigenvalue weighted by molar-refractivity contribution is 0.0240. The number of aromatic carboxylic acids is 1. The zero-order valence-electron chi connectivity index (χ0n) is 14.7. The fourth-order valence-electron chi connectivity index (χ4n) is 2.66. The van der Waals surface area contributed by atoms with E-state index in [9.17, 15) is 18.4 Å². The van der Waals surface area contributed by atoms with Crippen molar-refractivity contribution in [3.63, 3.8) is 0 Å². The number of carboxylic acids is 1. The number of hydrogen-bond donors (Lipinski definition) is 1. The van der Waals surface area contributed by atoms with E-state index in [1.807, 2.05) is 0 Å². The van der Waals surface area contributed by atoms with Crippen LogP contribution in [0.3, 0.4) is 0 Å². The molecule has 0 bridgehead atoms. The van der Waals surface area contributed by atoms with E-state index >= 15 is 0 Å². The lowest BCUT2D eigenvalue weighted by Gasteiger charge is -2.37. The Morgan fingerprint density at radius 3 is 2.20 bits per heavy atom. The highest BCUT2D eigenvalue weighted by Gasteiger charge is 2.29. The van der Waals surface area contributed by atoms with E-state index in [2.05, 4.69) is 0 Å². The molecular weight excluding hydrogens is 334 g/mol. The summed E-state index contributed by atoms with van der Waals surface area (Å²) in [6.45, 7) is 7.55. The number of nitrogens with zero attached hydrogens (tertiary/aromatic N) is 2. The summed E-state index contributed by atoms with van der Waals surface area (Å²) in [5, 5.41) is 9.00. The molecule has 138 valence electrons. The molecule has 6 nitrogen and oxygen atoms in total. The Morgan fingerprint density at radius 1 is 1.16 bits per heavy atom. The molecular formula is C17H22F2N2O4. The molecule has 0 unspecified atom stereocenters. The minimum Gasteiger partial charge on any atom is -0.478 e. The van der Waals surface area contributed by atoms with E-state index in [0.29, 0.717) is 0 Å². The van der Waals surface area contributed by atoms with Gasteiger partial charge >= 0.3 is 12.1 Å². The minimum absolute atomic E-state index is 0.113. The molecule has 0 aromatic heterocycles. The second kappa shape index (κ2) is 6.85. The van der Waals surface area contributed by atoms with Crippen LogP contribution in [0.2, 0.25) is 0 Å². The van der Waals surface area contributed by atoms with Crippen molar-refractivity contribution in [2.45, 2.75) is 33.3 Å². The standard InChI is InChI=1S/C17H22F2N2O4/c1-10-11(15(22)23)9-12(18)14(13(10)19)20-5-7-21(8-6-20)16(24)25-17(2,3)4/h9H,5-8H2,1-4H3,(H,22,23). The summed E-state index contributed by atoms with van der Waals surface area (Å²) in [4.78, 5) is 26.0. The molecule has 0 saturated carbocycles. The molecule has 1 fully saturated rings. The maximum absolute atomic E-state index is 14.5. The zero-order valence-corrected chi connectivity index (χ0v) is 14.7. The number of anilines is 1. The molecule has 1 aliphatic rings. The largest absolute Gasteiger partial charge is 0.478 e. The maximum Gasteiger partial charge on any atom is 0.410 e. The average Bonchev–Trinajstić information content (AvgIpc) is 2.49. The number of carboxylic acid groups (broad SMARTS) is 1. The second-order valence-electron chi connectivity index (χ2n) is 6.95. The van der Waals surface area contributed by atoms with Crippen LogP contribution in [0.15, 0.2) is 6.07 Å². The summed E-state index contributed by atoms with van der Waals surface area (Å²) in [7, 11) is 0. The van der Waals surface area contributed by atoms with Gasteiger partial charge < -0.3 is 19.6 Å². The quantitative estimate of drug-likeness (QED) is 0.882. The Kier molecular flexibility index (Phi) is 5.20. The number of hydrogen-bond acceptors (Lipinski definition) is 4. The van der Waals surface area contributed by atoms with Crippen LogP contribution in [0.4, 0.5) is 19.3 Å². The number of amides is 1. The van der Waals surface area contributed by atoms with Gasteiger partial charge in [0.2, 0.25) is 0 Å². The first-order chi connectivity index (χ1) is 11.5. The first kappa shape index (κ1) is 19.0. The molecule has 1 aliphatic heterocycles. The van der Waals surface area contributed by atoms with Crippen molar-refractivity contribution in [1.82, 2.24) is 4.90 Å². The van der Waals surface area contributed by atoms with Crippen molar-refractivity contribution >= 4 is 17.7 Å². The van der Waals surface area contributed by atoms with Crippen molar-refractivity contribution in [2.24, 2.45) is 0 Å². The summed E-state index contributed by atoms with van der Waals surface area (Å²) >= 11 is 0. The van der Waals surface area contributed by atoms with Gasteiger partial charge in [-0.05, 0) is 33.8 Å². The molecule has 1 heterocycles. The maximum atomic E-state index is 14.5. The summed E-state index contributed by atoms with van der Waals surface area (Å²) in [6.07, 6.45) is -0.467. The second-order valence-corrected chi connectivity index (χ2v) is 6.95. The van der Waals surface area contributed by atoms with Gasteiger partial charge in [0.1, 0.15) is 17.1 Å². The number of carbonyl (C=O) groups excluding carboxylic acids is 1. The molecule has 2 rings (SSSR count). The molecule has 1 aromatic carbocycles. The smallest absolute Gasteiger partial charge is 0.410 e. The van der Waals surface area contributed by atoms with E-state index < -0.39 is 34.9 Å². The highest BCUT2D eigenvalue weighted by Crippen LogP contribution is 2.29. The van der Waals surface area contributed by atoms with Crippen molar-refractivity contribution < 1.29 is 28.2 Å². The van der Waals surface area contributed by atoms with E-state index in [4.69, 9.17) is 9.84 Å². The Bertz CT molecular complexity index is 693. The normalized spacial score (nSPS) is 15.3. The number of rotatable bonds is 2. The first-order valence-corrected chi connectivity index (χ1v) is 7.96. The van der Waals surface area contributed by atoms with E-state index in [1.165, 1.54) is 16.7 Å². The highest BCUT2D eigenvalue weighted by atomic mass is 19.1. The molecule has 0 aliphatic carbocycles. The van der Waals surface area contributed by atoms with Crippen molar-refractivity contribution in [3.8, 4) is 0 Å². The summed E-state index contributed by atoms with van der Waals surface area (Å²) in [6, 6.07) is 0.830. The molecule has 0 atom stereocenters. The van der Waals surface area contributed by atoms with Crippen molar-refractivity contribution in [2.75, 3.05) is 31.1 Å². The van der Waals surface area contributed by atoms with Gasteiger partial charge in [0.15, 0.2) is 5.82 Å². The lowest BCUT2D eigenvalue weighted by atomic mass is 10.1. The third-order valence-electron chi connectivity index (χ3n) is 3.92. The fourth-order valence-corrected chi connectivity index (χ4v) is 2.66. The van der Waals surface area contributed by atoms with Crippen LogP contribution in [0.25, 0.3) is 0 Å². The number of carbonyl (C=O) groups is 2. The number of halogens is 2. The topological polar surface area (TPSA) is 70.1 Å². The van der Waals surface area contributed by atoms with Gasteiger partial charge in [-0.1, -0.05) is 0 Å². The van der Waals surface area contributed by atoms with Gasteiger partial charge in [0, 0.05) is 31.7 Å². The zero-order chi connectivity index (χ0) is 18.9.